The van der Waals surface area contributed by atoms with Crippen LogP contribution in [0, 0.1) is 5.82 Å². The first-order valence-corrected chi connectivity index (χ1v) is 12.2. The topological polar surface area (TPSA) is 77.8 Å². The number of aromatic carboxylic acids is 1. The maximum atomic E-state index is 15.2. The average Bonchev–Trinajstić information content (AvgIpc) is 3.67. The van der Waals surface area contributed by atoms with Crippen LogP contribution >= 0.6 is 23.8 Å². The standard InChI is InChI=1S/C25H24ClFN4O3S/c26-15-1-3-16(4-2-15)28-23(35)14-29-7-9-30(10-8-29)22-12-21-18(11-20(22)27)24(32)19(25(33)34)13-31(21)17-5-6-17/h1-4,11-13,17H,5-10,14H2,(H,28,35)(H,33,34). The lowest BCUT2D eigenvalue weighted by Gasteiger charge is -2.36. The quantitative estimate of drug-likeness (QED) is 0.472. The van der Waals surface area contributed by atoms with E-state index in [1.807, 2.05) is 21.6 Å². The van der Waals surface area contributed by atoms with Crippen LogP contribution in [-0.2, 0) is 0 Å². The first kappa shape index (κ1) is 23.7. The number of fused-ring (bicyclic) bond motifs is 1. The van der Waals surface area contributed by atoms with Crippen molar-refractivity contribution < 1.29 is 14.3 Å². The SMILES string of the molecule is O=C(O)c1cn(C2CC2)c2cc(N3CCN(CC(=S)Nc4ccc(Cl)cc4)CC3)c(F)cc2c1=O. The van der Waals surface area contributed by atoms with Crippen molar-refractivity contribution in [3.63, 3.8) is 0 Å². The molecule has 3 aromatic rings. The summed E-state index contributed by atoms with van der Waals surface area (Å²) in [6.07, 6.45) is 3.22. The number of hydrogen-bond donors (Lipinski definition) is 2. The molecule has 1 aliphatic carbocycles. The monoisotopic (exact) mass is 514 g/mol. The second kappa shape index (κ2) is 9.56. The Hall–Kier alpha value is -3.01. The molecule has 1 saturated heterocycles. The Bertz CT molecular complexity index is 1370. The molecule has 5 rings (SSSR count). The van der Waals surface area contributed by atoms with E-state index in [2.05, 4.69) is 10.2 Å². The van der Waals surface area contributed by atoms with Gasteiger partial charge in [-0.1, -0.05) is 23.8 Å². The first-order valence-electron chi connectivity index (χ1n) is 11.4. The summed E-state index contributed by atoms with van der Waals surface area (Å²) >= 11 is 11.4. The van der Waals surface area contributed by atoms with Gasteiger partial charge in [0.25, 0.3) is 0 Å². The molecule has 2 aliphatic rings. The predicted molar refractivity (Wildman–Crippen MR) is 140 cm³/mol. The molecule has 2 aromatic carbocycles. The Kier molecular flexibility index (Phi) is 6.48. The van der Waals surface area contributed by atoms with E-state index in [0.29, 0.717) is 53.9 Å². The molecule has 0 bridgehead atoms. The van der Waals surface area contributed by atoms with Gasteiger partial charge in [-0.15, -0.1) is 0 Å². The zero-order chi connectivity index (χ0) is 24.7. The average molecular weight is 515 g/mol. The molecule has 35 heavy (non-hydrogen) atoms. The van der Waals surface area contributed by atoms with Gasteiger partial charge in [-0.3, -0.25) is 9.69 Å². The number of thiocarbonyl (C=S) groups is 1. The number of carboxylic acid groups (broad SMARTS) is 1. The van der Waals surface area contributed by atoms with Crippen molar-refractivity contribution in [3.8, 4) is 0 Å². The number of anilines is 2. The predicted octanol–water partition coefficient (Wildman–Crippen LogP) is 4.39. The maximum absolute atomic E-state index is 15.2. The van der Waals surface area contributed by atoms with Gasteiger partial charge in [0, 0.05) is 61.1 Å². The summed E-state index contributed by atoms with van der Waals surface area (Å²) in [6, 6.07) is 10.4. The molecule has 0 unspecified atom stereocenters. The molecule has 1 saturated carbocycles. The van der Waals surface area contributed by atoms with E-state index in [0.717, 1.165) is 18.5 Å². The van der Waals surface area contributed by atoms with Crippen LogP contribution in [0.4, 0.5) is 15.8 Å². The van der Waals surface area contributed by atoms with E-state index in [4.69, 9.17) is 23.8 Å². The highest BCUT2D eigenvalue weighted by Crippen LogP contribution is 2.38. The van der Waals surface area contributed by atoms with E-state index >= 15 is 4.39 Å². The number of halogens is 2. The van der Waals surface area contributed by atoms with Crippen molar-refractivity contribution in [2.24, 2.45) is 0 Å². The van der Waals surface area contributed by atoms with Crippen LogP contribution in [0.2, 0.25) is 5.02 Å². The Labute approximate surface area is 211 Å². The number of hydrogen-bond acceptors (Lipinski definition) is 5. The lowest BCUT2D eigenvalue weighted by molar-refractivity contribution is 0.0695. The lowest BCUT2D eigenvalue weighted by Crippen LogP contribution is -2.48. The fourth-order valence-electron chi connectivity index (χ4n) is 4.49. The molecule has 1 aliphatic heterocycles. The van der Waals surface area contributed by atoms with Gasteiger partial charge in [0.15, 0.2) is 0 Å². The summed E-state index contributed by atoms with van der Waals surface area (Å²) in [7, 11) is 0. The minimum Gasteiger partial charge on any atom is -0.477 e. The number of pyridine rings is 1. The molecule has 182 valence electrons. The zero-order valence-corrected chi connectivity index (χ0v) is 20.4. The van der Waals surface area contributed by atoms with Gasteiger partial charge < -0.3 is 19.9 Å². The number of carbonyl (C=O) groups is 1. The highest BCUT2D eigenvalue weighted by atomic mass is 35.5. The third-order valence-electron chi connectivity index (χ3n) is 6.48. The number of carboxylic acids is 1. The summed E-state index contributed by atoms with van der Waals surface area (Å²) in [6.45, 7) is 3.20. The van der Waals surface area contributed by atoms with Crippen LogP contribution in [0.1, 0.15) is 29.2 Å². The molecule has 7 nitrogen and oxygen atoms in total. The van der Waals surface area contributed by atoms with Gasteiger partial charge in [0.1, 0.15) is 11.4 Å². The summed E-state index contributed by atoms with van der Waals surface area (Å²) in [5, 5.41) is 13.4. The highest BCUT2D eigenvalue weighted by molar-refractivity contribution is 7.80. The number of nitrogens with one attached hydrogen (secondary N) is 1. The third kappa shape index (κ3) is 5.03. The fraction of sp³-hybridized carbons (Fsp3) is 0.320. The van der Waals surface area contributed by atoms with Crippen molar-refractivity contribution in [1.82, 2.24) is 9.47 Å². The Balaban J connectivity index is 1.31. The molecule has 0 spiro atoms. The number of nitrogens with zero attached hydrogens (tertiary/aromatic N) is 3. The minimum atomic E-state index is -1.30. The van der Waals surface area contributed by atoms with Gasteiger partial charge in [0.2, 0.25) is 5.43 Å². The number of piperazine rings is 1. The smallest absolute Gasteiger partial charge is 0.341 e. The molecule has 10 heteroatoms. The largest absolute Gasteiger partial charge is 0.477 e. The molecule has 0 amide bonds. The van der Waals surface area contributed by atoms with E-state index < -0.39 is 17.2 Å². The molecule has 2 heterocycles. The van der Waals surface area contributed by atoms with Crippen LogP contribution in [-0.4, -0.2) is 58.3 Å². The van der Waals surface area contributed by atoms with Crippen LogP contribution in [0.15, 0.2) is 47.4 Å². The van der Waals surface area contributed by atoms with E-state index in [1.165, 1.54) is 12.3 Å². The lowest BCUT2D eigenvalue weighted by atomic mass is 10.1. The molecule has 2 fully saturated rings. The minimum absolute atomic E-state index is 0.107. The molecule has 2 N–H and O–H groups in total. The van der Waals surface area contributed by atoms with Crippen molar-refractivity contribution >= 4 is 57.1 Å². The summed E-state index contributed by atoms with van der Waals surface area (Å²) < 4.78 is 17.0. The summed E-state index contributed by atoms with van der Waals surface area (Å²) in [5.74, 6) is -1.82. The Morgan fingerprint density at radius 3 is 2.46 bits per heavy atom. The fourth-order valence-corrected chi connectivity index (χ4v) is 4.92. The number of aromatic nitrogens is 1. The second-order valence-corrected chi connectivity index (χ2v) is 9.88. The molecular weight excluding hydrogens is 491 g/mol. The number of rotatable bonds is 6. The van der Waals surface area contributed by atoms with Gasteiger partial charge in [-0.25, -0.2) is 9.18 Å². The second-order valence-electron chi connectivity index (χ2n) is 8.95. The van der Waals surface area contributed by atoms with Gasteiger partial charge in [0.05, 0.1) is 16.2 Å². The Morgan fingerprint density at radius 2 is 1.83 bits per heavy atom. The summed E-state index contributed by atoms with van der Waals surface area (Å²) in [5.41, 5.74) is 0.907. The highest BCUT2D eigenvalue weighted by Gasteiger charge is 2.28. The van der Waals surface area contributed by atoms with E-state index in [-0.39, 0.29) is 17.0 Å². The molecule has 0 atom stereocenters. The van der Waals surface area contributed by atoms with Crippen molar-refractivity contribution in [2.75, 3.05) is 42.9 Å². The van der Waals surface area contributed by atoms with Gasteiger partial charge in [-0.2, -0.15) is 0 Å². The molecular formula is C25H24ClFN4O3S. The first-order chi connectivity index (χ1) is 16.8. The third-order valence-corrected chi connectivity index (χ3v) is 6.96. The van der Waals surface area contributed by atoms with Gasteiger partial charge >= 0.3 is 5.97 Å². The van der Waals surface area contributed by atoms with E-state index in [9.17, 15) is 14.7 Å². The van der Waals surface area contributed by atoms with Crippen molar-refractivity contribution in [3.05, 3.63) is 69.2 Å². The summed E-state index contributed by atoms with van der Waals surface area (Å²) in [4.78, 5) is 29.1. The maximum Gasteiger partial charge on any atom is 0.341 e. The number of benzene rings is 2. The molecule has 0 radical (unpaired) electrons. The van der Waals surface area contributed by atoms with Crippen LogP contribution in [0.5, 0.6) is 0 Å². The van der Waals surface area contributed by atoms with Crippen LogP contribution < -0.4 is 15.6 Å². The van der Waals surface area contributed by atoms with Crippen LogP contribution in [0.3, 0.4) is 0 Å². The van der Waals surface area contributed by atoms with E-state index in [1.54, 1.807) is 18.2 Å². The normalized spacial score (nSPS) is 16.5. The van der Waals surface area contributed by atoms with Crippen LogP contribution in [0.25, 0.3) is 10.9 Å². The van der Waals surface area contributed by atoms with Gasteiger partial charge in [-0.05, 0) is 49.2 Å². The Morgan fingerprint density at radius 1 is 1.14 bits per heavy atom. The van der Waals surface area contributed by atoms with Crippen molar-refractivity contribution in [2.45, 2.75) is 18.9 Å². The zero-order valence-electron chi connectivity index (χ0n) is 18.8. The van der Waals surface area contributed by atoms with Crippen molar-refractivity contribution in [1.29, 1.82) is 0 Å². The molecule has 1 aromatic heterocycles.